The molecule has 3 aromatic rings. The largest absolute Gasteiger partial charge is 0.493 e. The topological polar surface area (TPSA) is 81.0 Å². The number of anilines is 1. The number of nitrogens with one attached hydrogen (secondary N) is 1. The summed E-state index contributed by atoms with van der Waals surface area (Å²) < 4.78 is 12.6. The van der Waals surface area contributed by atoms with Gasteiger partial charge >= 0.3 is 0 Å². The first kappa shape index (κ1) is 20.3. The Labute approximate surface area is 179 Å². The molecule has 0 bridgehead atoms. The van der Waals surface area contributed by atoms with Gasteiger partial charge in [0.15, 0.2) is 17.1 Å². The van der Waals surface area contributed by atoms with Gasteiger partial charge in [0.25, 0.3) is 0 Å². The SMILES string of the molecule is COc1cccc(CNC(=O)C2CCCN(c3nnc4c(Cl)cccn34)C2)c1OC. The molecule has 1 aromatic carbocycles. The Balaban J connectivity index is 1.45. The van der Waals surface area contributed by atoms with Gasteiger partial charge in [0.05, 0.1) is 25.2 Å². The Morgan fingerprint density at radius 2 is 2.10 bits per heavy atom. The second kappa shape index (κ2) is 8.79. The molecular formula is C21H24ClN5O3. The minimum atomic E-state index is -0.137. The molecule has 1 aliphatic rings. The van der Waals surface area contributed by atoms with Gasteiger partial charge in [0.1, 0.15) is 0 Å². The van der Waals surface area contributed by atoms with E-state index in [-0.39, 0.29) is 11.8 Å². The molecule has 1 N–H and O–H groups in total. The van der Waals surface area contributed by atoms with Crippen LogP contribution in [-0.4, -0.2) is 47.8 Å². The van der Waals surface area contributed by atoms with Crippen LogP contribution in [0.3, 0.4) is 0 Å². The number of amides is 1. The molecule has 4 rings (SSSR count). The van der Waals surface area contributed by atoms with Crippen LogP contribution in [0.4, 0.5) is 5.95 Å². The number of carbonyl (C=O) groups is 1. The summed E-state index contributed by atoms with van der Waals surface area (Å²) in [7, 11) is 3.19. The molecule has 1 atom stereocenters. The Morgan fingerprint density at radius 3 is 2.90 bits per heavy atom. The van der Waals surface area contributed by atoms with E-state index in [0.717, 1.165) is 24.9 Å². The minimum absolute atomic E-state index is 0.0106. The number of rotatable bonds is 6. The summed E-state index contributed by atoms with van der Waals surface area (Å²) in [5.74, 6) is 1.86. The van der Waals surface area contributed by atoms with E-state index in [2.05, 4.69) is 20.4 Å². The monoisotopic (exact) mass is 429 g/mol. The van der Waals surface area contributed by atoms with Gasteiger partial charge in [-0.25, -0.2) is 0 Å². The highest BCUT2D eigenvalue weighted by atomic mass is 35.5. The fraction of sp³-hybridized carbons (Fsp3) is 0.381. The Morgan fingerprint density at radius 1 is 1.23 bits per heavy atom. The highest BCUT2D eigenvalue weighted by Gasteiger charge is 2.28. The van der Waals surface area contributed by atoms with Crippen LogP contribution in [0.15, 0.2) is 36.5 Å². The molecule has 8 nitrogen and oxygen atoms in total. The zero-order valence-corrected chi connectivity index (χ0v) is 17.7. The van der Waals surface area contributed by atoms with E-state index in [0.29, 0.717) is 41.2 Å². The average Bonchev–Trinajstić information content (AvgIpc) is 3.22. The molecule has 1 saturated heterocycles. The normalized spacial score (nSPS) is 16.5. The maximum atomic E-state index is 12.9. The number of hydrogen-bond donors (Lipinski definition) is 1. The number of halogens is 1. The number of hydrogen-bond acceptors (Lipinski definition) is 6. The van der Waals surface area contributed by atoms with E-state index >= 15 is 0 Å². The maximum absolute atomic E-state index is 12.9. The summed E-state index contributed by atoms with van der Waals surface area (Å²) in [6.07, 6.45) is 3.61. The lowest BCUT2D eigenvalue weighted by Crippen LogP contribution is -2.43. The Bertz CT molecular complexity index is 1050. The van der Waals surface area contributed by atoms with Crippen LogP contribution >= 0.6 is 11.6 Å². The van der Waals surface area contributed by atoms with E-state index in [1.54, 1.807) is 20.3 Å². The van der Waals surface area contributed by atoms with Gasteiger partial charge in [-0.2, -0.15) is 0 Å². The molecule has 158 valence electrons. The lowest BCUT2D eigenvalue weighted by atomic mass is 9.97. The van der Waals surface area contributed by atoms with Crippen LogP contribution in [-0.2, 0) is 11.3 Å². The summed E-state index contributed by atoms with van der Waals surface area (Å²) in [6.45, 7) is 1.77. The summed E-state index contributed by atoms with van der Waals surface area (Å²) in [6, 6.07) is 9.28. The van der Waals surface area contributed by atoms with Crippen molar-refractivity contribution in [3.8, 4) is 11.5 Å². The molecule has 1 amide bonds. The van der Waals surface area contributed by atoms with Gasteiger partial charge in [-0.05, 0) is 31.0 Å². The molecule has 2 aromatic heterocycles. The molecule has 0 aliphatic carbocycles. The number of para-hydroxylation sites is 1. The quantitative estimate of drug-likeness (QED) is 0.648. The number of ether oxygens (including phenoxy) is 2. The third-order valence-corrected chi connectivity index (χ3v) is 5.68. The lowest BCUT2D eigenvalue weighted by Gasteiger charge is -2.32. The molecule has 0 radical (unpaired) electrons. The number of fused-ring (bicyclic) bond motifs is 1. The van der Waals surface area contributed by atoms with Gasteiger partial charge in [-0.1, -0.05) is 23.7 Å². The van der Waals surface area contributed by atoms with Crippen LogP contribution in [0.1, 0.15) is 18.4 Å². The van der Waals surface area contributed by atoms with Crippen molar-refractivity contribution >= 4 is 29.1 Å². The van der Waals surface area contributed by atoms with E-state index < -0.39 is 0 Å². The zero-order chi connectivity index (χ0) is 21.1. The Kier molecular flexibility index (Phi) is 5.94. The van der Waals surface area contributed by atoms with E-state index in [9.17, 15) is 4.79 Å². The zero-order valence-electron chi connectivity index (χ0n) is 17.0. The first-order valence-corrected chi connectivity index (χ1v) is 10.2. The number of pyridine rings is 1. The van der Waals surface area contributed by atoms with Gasteiger partial charge in [0, 0.05) is 31.4 Å². The third kappa shape index (κ3) is 3.87. The van der Waals surface area contributed by atoms with Gasteiger partial charge < -0.3 is 19.7 Å². The number of aromatic nitrogens is 3. The lowest BCUT2D eigenvalue weighted by molar-refractivity contribution is -0.125. The van der Waals surface area contributed by atoms with Crippen LogP contribution in [0.2, 0.25) is 5.02 Å². The van der Waals surface area contributed by atoms with Crippen molar-refractivity contribution in [2.24, 2.45) is 5.92 Å². The van der Waals surface area contributed by atoms with Gasteiger partial charge in [-0.3, -0.25) is 9.20 Å². The van der Waals surface area contributed by atoms with Crippen LogP contribution in [0.5, 0.6) is 11.5 Å². The van der Waals surface area contributed by atoms with E-state index in [1.807, 2.05) is 34.9 Å². The van der Waals surface area contributed by atoms with Crippen molar-refractivity contribution in [2.75, 3.05) is 32.2 Å². The summed E-state index contributed by atoms with van der Waals surface area (Å²) >= 11 is 6.21. The number of nitrogens with zero attached hydrogens (tertiary/aromatic N) is 4. The molecule has 3 heterocycles. The summed E-state index contributed by atoms with van der Waals surface area (Å²) in [4.78, 5) is 15.0. The molecule has 1 unspecified atom stereocenters. The highest BCUT2D eigenvalue weighted by molar-refractivity contribution is 6.33. The predicted molar refractivity (Wildman–Crippen MR) is 114 cm³/mol. The molecule has 0 spiro atoms. The molecule has 9 heteroatoms. The van der Waals surface area contributed by atoms with Gasteiger partial charge in [0.2, 0.25) is 11.9 Å². The van der Waals surface area contributed by atoms with Crippen LogP contribution in [0, 0.1) is 5.92 Å². The standard InChI is InChI=1S/C21H24ClN5O3/c1-29-17-9-3-6-14(18(17)30-2)12-23-20(28)15-7-4-10-26(13-15)21-25-24-19-16(22)8-5-11-27(19)21/h3,5-6,8-9,11,15H,4,7,10,12-13H2,1-2H3,(H,23,28). The van der Waals surface area contributed by atoms with Crippen molar-refractivity contribution in [3.63, 3.8) is 0 Å². The van der Waals surface area contributed by atoms with Crippen LogP contribution in [0.25, 0.3) is 5.65 Å². The van der Waals surface area contributed by atoms with Crippen molar-refractivity contribution in [1.29, 1.82) is 0 Å². The number of piperidine rings is 1. The van der Waals surface area contributed by atoms with E-state index in [1.165, 1.54) is 0 Å². The first-order valence-electron chi connectivity index (χ1n) is 9.84. The molecule has 1 aliphatic heterocycles. The van der Waals surface area contributed by atoms with Crippen LogP contribution < -0.4 is 19.7 Å². The maximum Gasteiger partial charge on any atom is 0.231 e. The van der Waals surface area contributed by atoms with Crippen molar-refractivity contribution in [1.82, 2.24) is 19.9 Å². The molecular weight excluding hydrogens is 406 g/mol. The average molecular weight is 430 g/mol. The molecule has 1 fully saturated rings. The fourth-order valence-corrected chi connectivity index (χ4v) is 4.08. The smallest absolute Gasteiger partial charge is 0.231 e. The van der Waals surface area contributed by atoms with Gasteiger partial charge in [-0.15, -0.1) is 10.2 Å². The number of carbonyl (C=O) groups excluding carboxylic acids is 1. The second-order valence-electron chi connectivity index (χ2n) is 7.21. The fourth-order valence-electron chi connectivity index (χ4n) is 3.88. The summed E-state index contributed by atoms with van der Waals surface area (Å²) in [5.41, 5.74) is 1.49. The van der Waals surface area contributed by atoms with Crippen molar-refractivity contribution in [2.45, 2.75) is 19.4 Å². The first-order chi connectivity index (χ1) is 14.6. The predicted octanol–water partition coefficient (Wildman–Crippen LogP) is 2.93. The number of benzene rings is 1. The summed E-state index contributed by atoms with van der Waals surface area (Å²) in [5, 5.41) is 12.1. The molecule has 30 heavy (non-hydrogen) atoms. The Hall–Kier alpha value is -3.00. The highest BCUT2D eigenvalue weighted by Crippen LogP contribution is 2.31. The van der Waals surface area contributed by atoms with Crippen molar-refractivity contribution in [3.05, 3.63) is 47.1 Å². The second-order valence-corrected chi connectivity index (χ2v) is 7.61. The minimum Gasteiger partial charge on any atom is -0.493 e. The molecule has 0 saturated carbocycles. The van der Waals surface area contributed by atoms with E-state index in [4.69, 9.17) is 21.1 Å². The number of methoxy groups -OCH3 is 2. The third-order valence-electron chi connectivity index (χ3n) is 5.38. The van der Waals surface area contributed by atoms with Crippen molar-refractivity contribution < 1.29 is 14.3 Å².